The van der Waals surface area contributed by atoms with Crippen LogP contribution >= 0.6 is 11.3 Å². The van der Waals surface area contributed by atoms with Crippen LogP contribution in [0.15, 0.2) is 42.0 Å². The molecule has 2 aromatic rings. The molecular weight excluding hydrogens is 547 g/mol. The molecule has 13 heteroatoms. The van der Waals surface area contributed by atoms with E-state index in [9.17, 15) is 27.6 Å². The second kappa shape index (κ2) is 13.2. The molecular formula is C27H34F3N5O4S. The average Bonchev–Trinajstić information content (AvgIpc) is 3.57. The number of rotatable bonds is 11. The Balaban J connectivity index is 1.65. The van der Waals surface area contributed by atoms with Crippen LogP contribution in [0.4, 0.5) is 23.1 Å². The van der Waals surface area contributed by atoms with Gasteiger partial charge in [0.1, 0.15) is 12.1 Å². The Kier molecular flexibility index (Phi) is 10.2. The first kappa shape index (κ1) is 30.9. The van der Waals surface area contributed by atoms with Crippen LogP contribution in [-0.4, -0.2) is 53.0 Å². The minimum Gasteiger partial charge on any atom is -0.444 e. The molecule has 1 aromatic heterocycles. The lowest BCUT2D eigenvalue weighted by molar-refractivity contribution is -0.137. The molecule has 0 aliphatic carbocycles. The number of carbonyl (C=O) groups is 3. The van der Waals surface area contributed by atoms with Crippen molar-refractivity contribution >= 4 is 39.9 Å². The van der Waals surface area contributed by atoms with Gasteiger partial charge in [-0.3, -0.25) is 14.9 Å². The predicted molar refractivity (Wildman–Crippen MR) is 146 cm³/mol. The molecule has 1 aliphatic rings. The number of nitrogens with zero attached hydrogens (tertiary/aromatic N) is 2. The van der Waals surface area contributed by atoms with Crippen LogP contribution in [0.1, 0.15) is 58.1 Å². The van der Waals surface area contributed by atoms with Gasteiger partial charge in [-0.25, -0.2) is 9.78 Å². The number of thiazole rings is 1. The van der Waals surface area contributed by atoms with E-state index in [1.165, 1.54) is 29.7 Å². The molecule has 0 radical (unpaired) electrons. The summed E-state index contributed by atoms with van der Waals surface area (Å²) in [5.41, 5.74) is 0.0142. The maximum atomic E-state index is 12.9. The molecule has 40 heavy (non-hydrogen) atoms. The molecule has 218 valence electrons. The number of aromatic nitrogens is 1. The van der Waals surface area contributed by atoms with E-state index in [2.05, 4.69) is 20.9 Å². The standard InChI is InChI=1S/C27H34F3N5O4S/c1-5-6-7-19(22(36)23(37)34-24-31-12-13-40-24)33-25(38)39-21(26(2,3)4)15-35-14-20(32-16-35)17-8-10-18(11-9-17)27(28,29)30/h8-14,19,21,32H,5-7,15-16H2,1-4H3,(H,33,38)(H,31,34,37)/t19-,21+/m0/s1. The zero-order chi connectivity index (χ0) is 29.5. The Morgan fingerprint density at radius 3 is 2.45 bits per heavy atom. The molecule has 2 atom stereocenters. The van der Waals surface area contributed by atoms with Crippen LogP contribution < -0.4 is 16.0 Å². The summed E-state index contributed by atoms with van der Waals surface area (Å²) in [5.74, 6) is -1.66. The van der Waals surface area contributed by atoms with E-state index < -0.39 is 47.1 Å². The number of carbonyl (C=O) groups excluding carboxylic acids is 3. The second-order valence-electron chi connectivity index (χ2n) is 10.5. The summed E-state index contributed by atoms with van der Waals surface area (Å²) in [6.07, 6.45) is -0.955. The van der Waals surface area contributed by atoms with Crippen LogP contribution in [-0.2, 0) is 20.5 Å². The maximum Gasteiger partial charge on any atom is 0.416 e. The number of anilines is 1. The van der Waals surface area contributed by atoms with E-state index in [1.54, 1.807) is 11.6 Å². The Morgan fingerprint density at radius 1 is 1.18 bits per heavy atom. The van der Waals surface area contributed by atoms with Crippen LogP contribution in [0, 0.1) is 5.41 Å². The fourth-order valence-electron chi connectivity index (χ4n) is 3.88. The molecule has 3 rings (SSSR count). The second-order valence-corrected chi connectivity index (χ2v) is 11.4. The van der Waals surface area contributed by atoms with Gasteiger partial charge in [0, 0.05) is 23.2 Å². The van der Waals surface area contributed by atoms with Crippen molar-refractivity contribution in [2.45, 2.75) is 65.3 Å². The number of halogens is 3. The molecule has 0 saturated carbocycles. The van der Waals surface area contributed by atoms with E-state index in [0.717, 1.165) is 18.6 Å². The first-order chi connectivity index (χ1) is 18.8. The van der Waals surface area contributed by atoms with Gasteiger partial charge >= 0.3 is 12.3 Å². The molecule has 2 amide bonds. The van der Waals surface area contributed by atoms with Crippen LogP contribution in [0.25, 0.3) is 5.70 Å². The van der Waals surface area contributed by atoms with Crippen molar-refractivity contribution in [2.24, 2.45) is 5.41 Å². The van der Waals surface area contributed by atoms with Crippen LogP contribution in [0.3, 0.4) is 0 Å². The molecule has 3 N–H and O–H groups in total. The number of amides is 2. The largest absolute Gasteiger partial charge is 0.444 e. The number of ketones is 1. The zero-order valence-corrected chi connectivity index (χ0v) is 23.6. The summed E-state index contributed by atoms with van der Waals surface area (Å²) < 4.78 is 44.4. The van der Waals surface area contributed by atoms with Crippen LogP contribution in [0.5, 0.6) is 0 Å². The van der Waals surface area contributed by atoms with E-state index in [0.29, 0.717) is 24.4 Å². The number of Topliss-reactive ketones (excluding diaryl/α,β-unsaturated/α-hetero) is 1. The lowest BCUT2D eigenvalue weighted by atomic mass is 9.88. The van der Waals surface area contributed by atoms with E-state index >= 15 is 0 Å². The third-order valence-electron chi connectivity index (χ3n) is 6.25. The van der Waals surface area contributed by atoms with Crippen molar-refractivity contribution in [1.82, 2.24) is 20.5 Å². The fraction of sp³-hybridized carbons (Fsp3) is 0.481. The Labute approximate surface area is 235 Å². The highest BCUT2D eigenvalue weighted by Gasteiger charge is 2.34. The Morgan fingerprint density at radius 2 is 1.88 bits per heavy atom. The van der Waals surface area contributed by atoms with Gasteiger partial charge in [0.2, 0.25) is 5.78 Å². The van der Waals surface area contributed by atoms with Gasteiger partial charge in [0.15, 0.2) is 5.13 Å². The van der Waals surface area contributed by atoms with Crippen molar-refractivity contribution in [2.75, 3.05) is 18.5 Å². The number of alkyl halides is 3. The average molecular weight is 582 g/mol. The first-order valence-electron chi connectivity index (χ1n) is 12.9. The van der Waals surface area contributed by atoms with Gasteiger partial charge < -0.3 is 20.3 Å². The first-order valence-corrected chi connectivity index (χ1v) is 13.7. The fourth-order valence-corrected chi connectivity index (χ4v) is 4.40. The zero-order valence-electron chi connectivity index (χ0n) is 22.8. The molecule has 2 heterocycles. The summed E-state index contributed by atoms with van der Waals surface area (Å²) in [4.78, 5) is 44.0. The summed E-state index contributed by atoms with van der Waals surface area (Å²) in [7, 11) is 0. The van der Waals surface area contributed by atoms with Crippen molar-refractivity contribution in [3.05, 3.63) is 53.2 Å². The third kappa shape index (κ3) is 8.70. The minimum atomic E-state index is -4.41. The highest BCUT2D eigenvalue weighted by atomic mass is 32.1. The molecule has 0 saturated heterocycles. The molecule has 1 aliphatic heterocycles. The highest BCUT2D eigenvalue weighted by molar-refractivity contribution is 7.13. The number of hydrogen-bond donors (Lipinski definition) is 3. The van der Waals surface area contributed by atoms with Gasteiger partial charge in [0.05, 0.1) is 24.5 Å². The number of unbranched alkanes of at least 4 members (excludes halogenated alkanes) is 1. The van der Waals surface area contributed by atoms with E-state index in [4.69, 9.17) is 4.74 Å². The summed E-state index contributed by atoms with van der Waals surface area (Å²) in [6, 6.07) is 3.79. The summed E-state index contributed by atoms with van der Waals surface area (Å²) in [6.45, 7) is 8.28. The van der Waals surface area contributed by atoms with E-state index in [-0.39, 0.29) is 18.1 Å². The summed E-state index contributed by atoms with van der Waals surface area (Å²) >= 11 is 1.17. The lowest BCUT2D eigenvalue weighted by Gasteiger charge is -2.33. The molecule has 0 bridgehead atoms. The Bertz CT molecular complexity index is 1190. The van der Waals surface area contributed by atoms with Crippen molar-refractivity contribution in [3.8, 4) is 0 Å². The number of nitrogens with one attached hydrogen (secondary N) is 3. The van der Waals surface area contributed by atoms with Gasteiger partial charge in [-0.1, -0.05) is 52.7 Å². The number of ether oxygens (including phenoxy) is 1. The normalized spacial score (nSPS) is 15.1. The molecule has 0 spiro atoms. The van der Waals surface area contributed by atoms with Gasteiger partial charge in [-0.05, 0) is 24.1 Å². The Hall–Kier alpha value is -3.61. The minimum absolute atomic E-state index is 0.269. The number of hydrogen-bond acceptors (Lipinski definition) is 8. The lowest BCUT2D eigenvalue weighted by Crippen LogP contribution is -2.49. The molecule has 0 unspecified atom stereocenters. The molecule has 9 nitrogen and oxygen atoms in total. The van der Waals surface area contributed by atoms with Crippen molar-refractivity contribution < 1.29 is 32.3 Å². The smallest absolute Gasteiger partial charge is 0.416 e. The highest BCUT2D eigenvalue weighted by Crippen LogP contribution is 2.31. The molecule has 1 aromatic carbocycles. The summed E-state index contributed by atoms with van der Waals surface area (Å²) in [5, 5.41) is 10.1. The van der Waals surface area contributed by atoms with Crippen molar-refractivity contribution in [3.63, 3.8) is 0 Å². The number of benzene rings is 1. The van der Waals surface area contributed by atoms with Crippen molar-refractivity contribution in [1.29, 1.82) is 0 Å². The topological polar surface area (TPSA) is 113 Å². The maximum absolute atomic E-state index is 12.9. The van der Waals surface area contributed by atoms with E-state index in [1.807, 2.05) is 32.6 Å². The van der Waals surface area contributed by atoms with Crippen LogP contribution in [0.2, 0.25) is 0 Å². The molecule has 0 fully saturated rings. The SMILES string of the molecule is CCCC[C@H](NC(=O)O[C@H](CN1C=C(c2ccc(C(F)(F)F)cc2)NC1)C(C)(C)C)C(=O)C(=O)Nc1nccs1. The number of alkyl carbamates (subject to hydrolysis) is 1. The quantitative estimate of drug-likeness (QED) is 0.312. The predicted octanol–water partition coefficient (Wildman–Crippen LogP) is 5.23. The van der Waals surface area contributed by atoms with Gasteiger partial charge in [-0.15, -0.1) is 11.3 Å². The van der Waals surface area contributed by atoms with Gasteiger partial charge in [0.25, 0.3) is 5.91 Å². The van der Waals surface area contributed by atoms with Gasteiger partial charge in [-0.2, -0.15) is 13.2 Å². The monoisotopic (exact) mass is 581 g/mol. The third-order valence-corrected chi connectivity index (χ3v) is 6.94.